The Hall–Kier alpha value is -4.99. The summed E-state index contributed by atoms with van der Waals surface area (Å²) in [6.07, 6.45) is 0.982. The number of carbonyl (C=O) groups excluding carboxylic acids is 2. The highest BCUT2D eigenvalue weighted by Crippen LogP contribution is 2.24. The van der Waals surface area contributed by atoms with Crippen LogP contribution >= 0.6 is 0 Å². The highest BCUT2D eigenvalue weighted by atomic mass is 16.4. The number of aromatic nitrogens is 2. The van der Waals surface area contributed by atoms with Crippen LogP contribution in [-0.2, 0) is 27.2 Å². The second-order valence-electron chi connectivity index (χ2n) is 10.1. The monoisotopic (exact) mass is 554 g/mol. The summed E-state index contributed by atoms with van der Waals surface area (Å²) < 4.78 is 0.931. The molecule has 1 aromatic heterocycles. The number of benzene rings is 3. The van der Waals surface area contributed by atoms with Crippen LogP contribution in [0, 0.1) is 0 Å². The number of hydrogen-bond acceptors (Lipinski definition) is 5. The Morgan fingerprint density at radius 3 is 2.15 bits per heavy atom. The van der Waals surface area contributed by atoms with Gasteiger partial charge in [0, 0.05) is 19.4 Å². The van der Waals surface area contributed by atoms with Gasteiger partial charge in [0.2, 0.25) is 11.8 Å². The van der Waals surface area contributed by atoms with Crippen molar-refractivity contribution in [2.45, 2.75) is 43.8 Å². The molecule has 0 radical (unpaired) electrons. The van der Waals surface area contributed by atoms with E-state index in [4.69, 9.17) is 0 Å². The topological polar surface area (TPSA) is 142 Å². The van der Waals surface area contributed by atoms with Crippen molar-refractivity contribution in [3.05, 3.63) is 117 Å². The van der Waals surface area contributed by atoms with Crippen molar-refractivity contribution in [2.24, 2.45) is 0 Å². The molecular weight excluding hydrogens is 524 g/mol. The highest BCUT2D eigenvalue weighted by Gasteiger charge is 2.40. The number of amides is 2. The molecule has 10 heteroatoms. The summed E-state index contributed by atoms with van der Waals surface area (Å²) in [7, 11) is 0. The Balaban J connectivity index is 1.46. The zero-order chi connectivity index (χ0) is 28.9. The minimum atomic E-state index is -1.22. The summed E-state index contributed by atoms with van der Waals surface area (Å²) in [4.78, 5) is 70.3. The van der Waals surface area contributed by atoms with Gasteiger partial charge in [-0.15, -0.1) is 0 Å². The van der Waals surface area contributed by atoms with Crippen molar-refractivity contribution < 1.29 is 19.5 Å². The molecule has 2 amide bonds. The molecule has 3 atom stereocenters. The Morgan fingerprint density at radius 1 is 0.878 bits per heavy atom. The average Bonchev–Trinajstić information content (AvgIpc) is 3.47. The molecule has 3 N–H and O–H groups in total. The molecule has 10 nitrogen and oxygen atoms in total. The molecule has 0 spiro atoms. The molecule has 0 saturated carbocycles. The van der Waals surface area contributed by atoms with Crippen molar-refractivity contribution in [3.8, 4) is 0 Å². The predicted octanol–water partition coefficient (Wildman–Crippen LogP) is 2.28. The number of hydrogen-bond donors (Lipinski definition) is 3. The normalized spacial score (nSPS) is 16.3. The van der Waals surface area contributed by atoms with E-state index in [1.54, 1.807) is 72.8 Å². The maximum atomic E-state index is 14.1. The Bertz CT molecular complexity index is 1680. The van der Waals surface area contributed by atoms with E-state index in [-0.39, 0.29) is 24.8 Å². The molecule has 1 saturated heterocycles. The summed E-state index contributed by atoms with van der Waals surface area (Å²) in [6, 6.07) is 21.2. The SMILES string of the molecule is O=C(O)[C@@H](Cc1ccccc1)NC(=O)[C@@H]1CCCN1C(=O)[C@@H](Cc1ccccc1)n1c(=O)[nH]c2ccccc2c1=O. The number of fused-ring (bicyclic) bond motifs is 1. The smallest absolute Gasteiger partial charge is 0.329 e. The number of likely N-dealkylation sites (tertiary alicyclic amines) is 1. The van der Waals surface area contributed by atoms with Gasteiger partial charge in [0.05, 0.1) is 10.9 Å². The summed E-state index contributed by atoms with van der Waals surface area (Å²) in [5.74, 6) is -2.32. The Kier molecular flexibility index (Phi) is 8.09. The number of nitrogens with one attached hydrogen (secondary N) is 2. The number of carboxylic acids is 1. The van der Waals surface area contributed by atoms with Crippen LogP contribution in [0.2, 0.25) is 0 Å². The van der Waals surface area contributed by atoms with Crippen LogP contribution in [0.15, 0.2) is 94.5 Å². The lowest BCUT2D eigenvalue weighted by Crippen LogP contribution is -2.54. The van der Waals surface area contributed by atoms with E-state index in [1.165, 1.54) is 4.90 Å². The molecular formula is C31H30N4O6. The van der Waals surface area contributed by atoms with Crippen LogP contribution in [0.1, 0.15) is 30.0 Å². The number of nitrogens with zero attached hydrogens (tertiary/aromatic N) is 2. The van der Waals surface area contributed by atoms with E-state index < -0.39 is 47.2 Å². The van der Waals surface area contributed by atoms with E-state index in [2.05, 4.69) is 10.3 Å². The molecule has 1 aliphatic rings. The molecule has 5 rings (SSSR count). The second-order valence-corrected chi connectivity index (χ2v) is 10.1. The van der Waals surface area contributed by atoms with Gasteiger partial charge in [-0.05, 0) is 36.1 Å². The Labute approximate surface area is 235 Å². The van der Waals surface area contributed by atoms with Crippen LogP contribution in [0.3, 0.4) is 0 Å². The standard InChI is InChI=1S/C31H30N4O6/c36-27(32-24(30(39)40)18-20-10-3-1-4-11-20)25-16-9-17-34(25)29(38)26(19-21-12-5-2-6-13-21)35-28(37)22-14-7-8-15-23(22)33-31(35)41/h1-8,10-15,24-26H,9,16-19H2,(H,32,36)(H,33,41)(H,39,40)/t24-,25+,26-/m1/s1. The summed E-state index contributed by atoms with van der Waals surface area (Å²) in [5.41, 5.74) is 0.516. The molecule has 0 bridgehead atoms. The number of aromatic amines is 1. The minimum absolute atomic E-state index is 0.0532. The number of H-pyrrole nitrogens is 1. The third-order valence-electron chi connectivity index (χ3n) is 7.44. The fourth-order valence-corrected chi connectivity index (χ4v) is 5.40. The molecule has 0 unspecified atom stereocenters. The number of rotatable bonds is 9. The predicted molar refractivity (Wildman–Crippen MR) is 152 cm³/mol. The van der Waals surface area contributed by atoms with E-state index in [9.17, 15) is 29.1 Å². The average molecular weight is 555 g/mol. The minimum Gasteiger partial charge on any atom is -0.480 e. The molecule has 2 heterocycles. The molecule has 1 aliphatic heterocycles. The lowest BCUT2D eigenvalue weighted by molar-refractivity contribution is -0.144. The van der Waals surface area contributed by atoms with E-state index in [0.29, 0.717) is 18.4 Å². The van der Waals surface area contributed by atoms with Gasteiger partial charge in [-0.1, -0.05) is 72.8 Å². The largest absolute Gasteiger partial charge is 0.480 e. The number of aliphatic carboxylic acids is 1. The van der Waals surface area contributed by atoms with Crippen LogP contribution < -0.4 is 16.6 Å². The van der Waals surface area contributed by atoms with Crippen molar-refractivity contribution in [3.63, 3.8) is 0 Å². The van der Waals surface area contributed by atoms with E-state index >= 15 is 0 Å². The lowest BCUT2D eigenvalue weighted by Gasteiger charge is -2.29. The molecule has 1 fully saturated rings. The maximum Gasteiger partial charge on any atom is 0.329 e. The molecule has 41 heavy (non-hydrogen) atoms. The fraction of sp³-hybridized carbons (Fsp3) is 0.258. The Morgan fingerprint density at radius 2 is 1.49 bits per heavy atom. The van der Waals surface area contributed by atoms with E-state index in [0.717, 1.165) is 15.7 Å². The lowest BCUT2D eigenvalue weighted by atomic mass is 10.0. The third-order valence-corrected chi connectivity index (χ3v) is 7.44. The van der Waals surface area contributed by atoms with Crippen LogP contribution in [0.4, 0.5) is 0 Å². The van der Waals surface area contributed by atoms with Crippen molar-refractivity contribution >= 4 is 28.7 Å². The van der Waals surface area contributed by atoms with Gasteiger partial charge in [-0.3, -0.25) is 14.4 Å². The van der Waals surface area contributed by atoms with Gasteiger partial charge in [0.25, 0.3) is 5.56 Å². The van der Waals surface area contributed by atoms with E-state index in [1.807, 2.05) is 12.1 Å². The van der Waals surface area contributed by atoms with Crippen LogP contribution in [-0.4, -0.2) is 56.0 Å². The van der Waals surface area contributed by atoms with Crippen LogP contribution in [0.5, 0.6) is 0 Å². The molecule has 4 aromatic rings. The van der Waals surface area contributed by atoms with Gasteiger partial charge in [-0.2, -0.15) is 0 Å². The van der Waals surface area contributed by atoms with Gasteiger partial charge in [0.1, 0.15) is 18.1 Å². The quantitative estimate of drug-likeness (QED) is 0.290. The molecule has 3 aromatic carbocycles. The molecule has 210 valence electrons. The first-order valence-electron chi connectivity index (χ1n) is 13.5. The summed E-state index contributed by atoms with van der Waals surface area (Å²) >= 11 is 0. The first kappa shape index (κ1) is 27.6. The summed E-state index contributed by atoms with van der Waals surface area (Å²) in [5, 5.41) is 12.6. The van der Waals surface area contributed by atoms with Crippen molar-refractivity contribution in [1.29, 1.82) is 0 Å². The zero-order valence-electron chi connectivity index (χ0n) is 22.2. The van der Waals surface area contributed by atoms with Gasteiger partial charge in [0.15, 0.2) is 0 Å². The van der Waals surface area contributed by atoms with Gasteiger partial charge >= 0.3 is 11.7 Å². The van der Waals surface area contributed by atoms with Gasteiger partial charge < -0.3 is 20.3 Å². The maximum absolute atomic E-state index is 14.1. The van der Waals surface area contributed by atoms with Crippen molar-refractivity contribution in [2.75, 3.05) is 6.54 Å². The number of para-hydroxylation sites is 1. The number of carboxylic acid groups (broad SMARTS) is 1. The number of carbonyl (C=O) groups is 3. The highest BCUT2D eigenvalue weighted by molar-refractivity contribution is 5.92. The van der Waals surface area contributed by atoms with Gasteiger partial charge in [-0.25, -0.2) is 14.2 Å². The third kappa shape index (κ3) is 5.96. The summed E-state index contributed by atoms with van der Waals surface area (Å²) in [6.45, 7) is 0.235. The second kappa shape index (κ2) is 12.0. The first-order chi connectivity index (χ1) is 19.8. The van der Waals surface area contributed by atoms with Crippen molar-refractivity contribution in [1.82, 2.24) is 19.8 Å². The first-order valence-corrected chi connectivity index (χ1v) is 13.5. The molecule has 0 aliphatic carbocycles. The zero-order valence-corrected chi connectivity index (χ0v) is 22.2. The van der Waals surface area contributed by atoms with Crippen LogP contribution in [0.25, 0.3) is 10.9 Å². The fourth-order valence-electron chi connectivity index (χ4n) is 5.40.